The Bertz CT molecular complexity index is 1080. The van der Waals surface area contributed by atoms with Crippen LogP contribution >= 0.6 is 11.3 Å². The van der Waals surface area contributed by atoms with E-state index in [4.69, 9.17) is 14.2 Å². The molecule has 0 saturated heterocycles. The van der Waals surface area contributed by atoms with Crippen molar-refractivity contribution in [1.82, 2.24) is 4.98 Å². The molecule has 0 radical (unpaired) electrons. The summed E-state index contributed by atoms with van der Waals surface area (Å²) in [5.74, 6) is 1.84. The lowest BCUT2D eigenvalue weighted by Crippen LogP contribution is -2.19. The molecule has 2 heterocycles. The number of benzene rings is 2. The van der Waals surface area contributed by atoms with Crippen molar-refractivity contribution in [3.8, 4) is 17.2 Å². The molecule has 9 nitrogen and oxygen atoms in total. The standard InChI is InChI=1S/C21H20N4O5S/c1-28-16-6-2-13(3-7-16)23-20(27)25-21-24-15(11-31-21)5-9-19(26)22-14-4-8-17-18(10-14)30-12-29-17/h2-4,6-8,10-11H,5,9,12H2,1H3,(H,22,26)(H2,23,24,25,27). The largest absolute Gasteiger partial charge is 0.497 e. The van der Waals surface area contributed by atoms with Crippen LogP contribution in [-0.2, 0) is 11.2 Å². The molecule has 0 fully saturated rings. The van der Waals surface area contributed by atoms with Gasteiger partial charge in [0.2, 0.25) is 12.7 Å². The lowest BCUT2D eigenvalue weighted by Gasteiger charge is -2.06. The van der Waals surface area contributed by atoms with Gasteiger partial charge in [-0.2, -0.15) is 0 Å². The Labute approximate surface area is 182 Å². The van der Waals surface area contributed by atoms with Crippen molar-refractivity contribution >= 4 is 39.8 Å². The average Bonchev–Trinajstić information content (AvgIpc) is 3.41. The maximum atomic E-state index is 12.2. The lowest BCUT2D eigenvalue weighted by atomic mass is 10.2. The minimum Gasteiger partial charge on any atom is -0.497 e. The van der Waals surface area contributed by atoms with Crippen LogP contribution < -0.4 is 30.2 Å². The van der Waals surface area contributed by atoms with Gasteiger partial charge in [-0.3, -0.25) is 10.1 Å². The molecule has 1 aliphatic heterocycles. The van der Waals surface area contributed by atoms with Crippen LogP contribution in [0.25, 0.3) is 0 Å². The van der Waals surface area contributed by atoms with Gasteiger partial charge in [-0.25, -0.2) is 9.78 Å². The number of aromatic nitrogens is 1. The topological polar surface area (TPSA) is 111 Å². The van der Waals surface area contributed by atoms with E-state index in [1.54, 1.807) is 49.6 Å². The van der Waals surface area contributed by atoms with E-state index in [1.165, 1.54) is 11.3 Å². The molecule has 2 aromatic carbocycles. The van der Waals surface area contributed by atoms with Crippen LogP contribution in [0.1, 0.15) is 12.1 Å². The number of aryl methyl sites for hydroxylation is 1. The molecule has 0 aliphatic carbocycles. The number of carbonyl (C=O) groups is 2. The lowest BCUT2D eigenvalue weighted by molar-refractivity contribution is -0.116. The molecule has 10 heteroatoms. The number of anilines is 3. The van der Waals surface area contributed by atoms with Gasteiger partial charge < -0.3 is 24.8 Å². The Morgan fingerprint density at radius 2 is 1.81 bits per heavy atom. The summed E-state index contributed by atoms with van der Waals surface area (Å²) in [6.07, 6.45) is 0.713. The molecule has 0 bridgehead atoms. The third kappa shape index (κ3) is 5.43. The van der Waals surface area contributed by atoms with Gasteiger partial charge in [-0.15, -0.1) is 11.3 Å². The predicted octanol–water partition coefficient (Wildman–Crippen LogP) is 4.10. The van der Waals surface area contributed by atoms with Crippen molar-refractivity contribution in [2.75, 3.05) is 29.9 Å². The van der Waals surface area contributed by atoms with E-state index < -0.39 is 6.03 Å². The number of urea groups is 1. The smallest absolute Gasteiger partial charge is 0.325 e. The second-order valence-corrected chi connectivity index (χ2v) is 7.43. The van der Waals surface area contributed by atoms with E-state index in [2.05, 4.69) is 20.9 Å². The van der Waals surface area contributed by atoms with Gasteiger partial charge >= 0.3 is 6.03 Å². The van der Waals surface area contributed by atoms with Crippen molar-refractivity contribution in [3.63, 3.8) is 0 Å². The molecule has 3 amide bonds. The SMILES string of the molecule is COc1ccc(NC(=O)Nc2nc(CCC(=O)Nc3ccc4c(c3)OCO4)cs2)cc1. The summed E-state index contributed by atoms with van der Waals surface area (Å²) >= 11 is 1.30. The van der Waals surface area contributed by atoms with Crippen LogP contribution in [0.4, 0.5) is 21.3 Å². The minimum atomic E-state index is -0.397. The van der Waals surface area contributed by atoms with E-state index in [0.717, 1.165) is 5.69 Å². The monoisotopic (exact) mass is 440 g/mol. The molecule has 0 spiro atoms. The number of hydrogen-bond donors (Lipinski definition) is 3. The van der Waals surface area contributed by atoms with Crippen molar-refractivity contribution in [3.05, 3.63) is 53.5 Å². The number of rotatable bonds is 7. The number of hydrogen-bond acceptors (Lipinski definition) is 7. The molecule has 0 atom stereocenters. The van der Waals surface area contributed by atoms with Gasteiger partial charge in [0, 0.05) is 29.2 Å². The zero-order valence-corrected chi connectivity index (χ0v) is 17.5. The maximum absolute atomic E-state index is 12.2. The number of nitrogens with zero attached hydrogens (tertiary/aromatic N) is 1. The van der Waals surface area contributed by atoms with Crippen LogP contribution in [0.5, 0.6) is 17.2 Å². The summed E-state index contributed by atoms with van der Waals surface area (Å²) in [4.78, 5) is 28.7. The highest BCUT2D eigenvalue weighted by Crippen LogP contribution is 2.34. The van der Waals surface area contributed by atoms with Crippen molar-refractivity contribution in [1.29, 1.82) is 0 Å². The van der Waals surface area contributed by atoms with Gasteiger partial charge in [0.1, 0.15) is 5.75 Å². The number of thiazole rings is 1. The highest BCUT2D eigenvalue weighted by Gasteiger charge is 2.14. The number of ether oxygens (including phenoxy) is 3. The molecule has 1 aliphatic rings. The van der Waals surface area contributed by atoms with Crippen LogP contribution in [0, 0.1) is 0 Å². The Kier molecular flexibility index (Phi) is 6.18. The molecule has 3 N–H and O–H groups in total. The summed E-state index contributed by atoms with van der Waals surface area (Å²) in [7, 11) is 1.58. The zero-order valence-electron chi connectivity index (χ0n) is 16.6. The maximum Gasteiger partial charge on any atom is 0.325 e. The van der Waals surface area contributed by atoms with E-state index in [0.29, 0.717) is 40.2 Å². The third-order valence-corrected chi connectivity index (χ3v) is 5.19. The molecule has 4 rings (SSSR count). The van der Waals surface area contributed by atoms with Gasteiger partial charge in [0.05, 0.1) is 12.8 Å². The van der Waals surface area contributed by atoms with Crippen molar-refractivity contribution in [2.45, 2.75) is 12.8 Å². The molecular formula is C21H20N4O5S. The molecule has 160 valence electrons. The van der Waals surface area contributed by atoms with Crippen LogP contribution in [0.15, 0.2) is 47.8 Å². The predicted molar refractivity (Wildman–Crippen MR) is 117 cm³/mol. The number of amides is 3. The van der Waals surface area contributed by atoms with Gasteiger partial charge in [-0.1, -0.05) is 0 Å². The fourth-order valence-electron chi connectivity index (χ4n) is 2.85. The Balaban J connectivity index is 1.23. The minimum absolute atomic E-state index is 0.140. The fraction of sp³-hybridized carbons (Fsp3) is 0.190. The van der Waals surface area contributed by atoms with Crippen molar-refractivity contribution < 1.29 is 23.8 Å². The quantitative estimate of drug-likeness (QED) is 0.510. The van der Waals surface area contributed by atoms with Crippen molar-refractivity contribution in [2.24, 2.45) is 0 Å². The van der Waals surface area contributed by atoms with E-state index in [9.17, 15) is 9.59 Å². The molecular weight excluding hydrogens is 420 g/mol. The summed E-state index contributed by atoms with van der Waals surface area (Å²) < 4.78 is 15.6. The normalized spacial score (nSPS) is 11.6. The average molecular weight is 440 g/mol. The first-order valence-electron chi connectivity index (χ1n) is 9.45. The number of fused-ring (bicyclic) bond motifs is 1. The molecule has 0 unspecified atom stereocenters. The summed E-state index contributed by atoms with van der Waals surface area (Å²) in [5.41, 5.74) is 2.01. The summed E-state index contributed by atoms with van der Waals surface area (Å²) in [6, 6.07) is 11.8. The highest BCUT2D eigenvalue weighted by molar-refractivity contribution is 7.13. The summed E-state index contributed by atoms with van der Waals surface area (Å²) in [6.45, 7) is 0.186. The fourth-order valence-corrected chi connectivity index (χ4v) is 3.59. The van der Waals surface area contributed by atoms with E-state index >= 15 is 0 Å². The Hall–Kier alpha value is -3.79. The first kappa shape index (κ1) is 20.5. The van der Waals surface area contributed by atoms with E-state index in [1.807, 2.05) is 5.38 Å². The summed E-state index contributed by atoms with van der Waals surface area (Å²) in [5, 5.41) is 10.5. The van der Waals surface area contributed by atoms with E-state index in [-0.39, 0.29) is 19.1 Å². The molecule has 31 heavy (non-hydrogen) atoms. The highest BCUT2D eigenvalue weighted by atomic mass is 32.1. The Morgan fingerprint density at radius 1 is 1.03 bits per heavy atom. The first-order chi connectivity index (χ1) is 15.1. The zero-order chi connectivity index (χ0) is 21.6. The molecule has 0 saturated carbocycles. The van der Waals surface area contributed by atoms with Gasteiger partial charge in [0.25, 0.3) is 0 Å². The second kappa shape index (κ2) is 9.35. The number of nitrogens with one attached hydrogen (secondary N) is 3. The number of carbonyl (C=O) groups excluding carboxylic acids is 2. The third-order valence-electron chi connectivity index (χ3n) is 4.38. The van der Waals surface area contributed by atoms with Gasteiger partial charge in [0.15, 0.2) is 16.6 Å². The van der Waals surface area contributed by atoms with Crippen LogP contribution in [-0.4, -0.2) is 30.8 Å². The van der Waals surface area contributed by atoms with Crippen LogP contribution in [0.3, 0.4) is 0 Å². The second-order valence-electron chi connectivity index (χ2n) is 6.57. The first-order valence-corrected chi connectivity index (χ1v) is 10.3. The molecule has 3 aromatic rings. The van der Waals surface area contributed by atoms with Crippen LogP contribution in [0.2, 0.25) is 0 Å². The Morgan fingerprint density at radius 3 is 2.61 bits per heavy atom. The van der Waals surface area contributed by atoms with Gasteiger partial charge in [-0.05, 0) is 42.8 Å². The number of methoxy groups -OCH3 is 1. The molecule has 1 aromatic heterocycles.